The Bertz CT molecular complexity index is 545. The molecule has 26 heavy (non-hydrogen) atoms. The summed E-state index contributed by atoms with van der Waals surface area (Å²) in [6, 6.07) is 10.3. The molecule has 1 atom stereocenters. The Morgan fingerprint density at radius 1 is 1.15 bits per heavy atom. The number of nitrogens with zero attached hydrogens (tertiary/aromatic N) is 2. The van der Waals surface area contributed by atoms with Crippen LogP contribution in [0.5, 0.6) is 0 Å². The van der Waals surface area contributed by atoms with Gasteiger partial charge in [0.05, 0.1) is 19.3 Å². The zero-order chi connectivity index (χ0) is 18.2. The van der Waals surface area contributed by atoms with Gasteiger partial charge in [0, 0.05) is 32.8 Å². The molecule has 144 valence electrons. The molecule has 0 aliphatic carbocycles. The lowest BCUT2D eigenvalue weighted by Gasteiger charge is -2.30. The fourth-order valence-electron chi connectivity index (χ4n) is 3.85. The molecule has 2 aliphatic rings. The van der Waals surface area contributed by atoms with Gasteiger partial charge in [-0.1, -0.05) is 37.3 Å². The molecule has 2 aliphatic heterocycles. The van der Waals surface area contributed by atoms with E-state index in [0.717, 1.165) is 52.1 Å². The minimum atomic E-state index is 0.0630. The smallest absolute Gasteiger partial charge is 0.236 e. The van der Waals surface area contributed by atoms with Gasteiger partial charge in [0.2, 0.25) is 5.91 Å². The molecule has 5 nitrogen and oxygen atoms in total. The van der Waals surface area contributed by atoms with Crippen molar-refractivity contribution < 1.29 is 14.3 Å². The maximum atomic E-state index is 12.8. The fourth-order valence-corrected chi connectivity index (χ4v) is 3.85. The summed E-state index contributed by atoms with van der Waals surface area (Å²) in [4.78, 5) is 17.1. The Kier molecular flexibility index (Phi) is 7.47. The Morgan fingerprint density at radius 2 is 1.92 bits per heavy atom. The highest BCUT2D eigenvalue weighted by Crippen LogP contribution is 2.19. The van der Waals surface area contributed by atoms with Gasteiger partial charge in [-0.05, 0) is 37.3 Å². The SMILES string of the molecule is CCCN1CC(=O)N(CC2CCOCC2)CC(OCc2ccccc2)C1. The van der Waals surface area contributed by atoms with Gasteiger partial charge in [-0.25, -0.2) is 0 Å². The van der Waals surface area contributed by atoms with E-state index in [4.69, 9.17) is 9.47 Å². The molecule has 0 N–H and O–H groups in total. The largest absolute Gasteiger partial charge is 0.381 e. The van der Waals surface area contributed by atoms with Crippen molar-refractivity contribution in [3.8, 4) is 0 Å². The van der Waals surface area contributed by atoms with Gasteiger partial charge in [0.15, 0.2) is 0 Å². The first-order valence-corrected chi connectivity index (χ1v) is 9.98. The summed E-state index contributed by atoms with van der Waals surface area (Å²) in [6.07, 6.45) is 3.22. The average molecular weight is 360 g/mol. The van der Waals surface area contributed by atoms with Gasteiger partial charge < -0.3 is 14.4 Å². The van der Waals surface area contributed by atoms with Crippen LogP contribution in [0.3, 0.4) is 0 Å². The summed E-state index contributed by atoms with van der Waals surface area (Å²) >= 11 is 0. The van der Waals surface area contributed by atoms with Crippen molar-refractivity contribution in [1.29, 1.82) is 0 Å². The maximum Gasteiger partial charge on any atom is 0.236 e. The van der Waals surface area contributed by atoms with E-state index in [1.165, 1.54) is 5.56 Å². The predicted molar refractivity (Wildman–Crippen MR) is 102 cm³/mol. The highest BCUT2D eigenvalue weighted by Gasteiger charge is 2.30. The zero-order valence-electron chi connectivity index (χ0n) is 15.9. The van der Waals surface area contributed by atoms with Crippen LogP contribution in [0, 0.1) is 5.92 Å². The molecule has 1 aromatic rings. The van der Waals surface area contributed by atoms with E-state index in [1.54, 1.807) is 0 Å². The molecule has 2 fully saturated rings. The average Bonchev–Trinajstić information content (AvgIpc) is 2.81. The minimum absolute atomic E-state index is 0.0630. The molecule has 3 rings (SSSR count). The zero-order valence-corrected chi connectivity index (χ0v) is 15.9. The Morgan fingerprint density at radius 3 is 2.65 bits per heavy atom. The van der Waals surface area contributed by atoms with Gasteiger partial charge in [-0.15, -0.1) is 0 Å². The molecule has 5 heteroatoms. The quantitative estimate of drug-likeness (QED) is 0.749. The number of ether oxygens (including phenoxy) is 2. The van der Waals surface area contributed by atoms with Crippen molar-refractivity contribution >= 4 is 5.91 Å². The van der Waals surface area contributed by atoms with Crippen LogP contribution in [0.1, 0.15) is 31.7 Å². The molecule has 1 unspecified atom stereocenters. The molecular formula is C21H32N2O3. The Labute approximate surface area is 157 Å². The normalized spacial score (nSPS) is 23.2. The lowest BCUT2D eigenvalue weighted by molar-refractivity contribution is -0.133. The molecule has 1 amide bonds. The van der Waals surface area contributed by atoms with Crippen LogP contribution < -0.4 is 0 Å². The van der Waals surface area contributed by atoms with E-state index in [-0.39, 0.29) is 12.0 Å². The molecule has 1 aromatic carbocycles. The molecule has 0 radical (unpaired) electrons. The second kappa shape index (κ2) is 10.0. The minimum Gasteiger partial charge on any atom is -0.381 e. The van der Waals surface area contributed by atoms with Gasteiger partial charge in [0.1, 0.15) is 0 Å². The molecule has 0 spiro atoms. The van der Waals surface area contributed by atoms with Crippen LogP contribution in [0.25, 0.3) is 0 Å². The first-order chi connectivity index (χ1) is 12.7. The molecule has 0 saturated carbocycles. The first-order valence-electron chi connectivity index (χ1n) is 9.98. The Hall–Kier alpha value is -1.43. The number of benzene rings is 1. The number of carbonyl (C=O) groups is 1. The van der Waals surface area contributed by atoms with Crippen LogP contribution >= 0.6 is 0 Å². The van der Waals surface area contributed by atoms with Crippen LogP contribution in [0.4, 0.5) is 0 Å². The maximum absolute atomic E-state index is 12.8. The van der Waals surface area contributed by atoms with Crippen molar-refractivity contribution in [2.24, 2.45) is 5.92 Å². The fraction of sp³-hybridized carbons (Fsp3) is 0.667. The van der Waals surface area contributed by atoms with Gasteiger partial charge in [0.25, 0.3) is 0 Å². The molecule has 2 heterocycles. The van der Waals surface area contributed by atoms with Gasteiger partial charge in [-0.3, -0.25) is 9.69 Å². The first kappa shape index (κ1) is 19.3. The number of amides is 1. The third-order valence-corrected chi connectivity index (χ3v) is 5.29. The van der Waals surface area contributed by atoms with Crippen LogP contribution in [0.2, 0.25) is 0 Å². The molecule has 0 bridgehead atoms. The summed E-state index contributed by atoms with van der Waals surface area (Å²) in [5.41, 5.74) is 1.18. The second-order valence-electron chi connectivity index (χ2n) is 7.51. The van der Waals surface area contributed by atoms with Crippen molar-refractivity contribution in [3.05, 3.63) is 35.9 Å². The van der Waals surface area contributed by atoms with E-state index in [9.17, 15) is 4.79 Å². The van der Waals surface area contributed by atoms with Crippen molar-refractivity contribution in [2.75, 3.05) is 45.9 Å². The summed E-state index contributed by atoms with van der Waals surface area (Å²) in [6.45, 7) is 8.24. The lowest BCUT2D eigenvalue weighted by Crippen LogP contribution is -2.42. The van der Waals surface area contributed by atoms with E-state index in [1.807, 2.05) is 23.1 Å². The third kappa shape index (κ3) is 5.79. The van der Waals surface area contributed by atoms with E-state index >= 15 is 0 Å². The van der Waals surface area contributed by atoms with E-state index in [2.05, 4.69) is 24.0 Å². The van der Waals surface area contributed by atoms with Gasteiger partial charge in [-0.2, -0.15) is 0 Å². The summed E-state index contributed by atoms with van der Waals surface area (Å²) in [7, 11) is 0. The highest BCUT2D eigenvalue weighted by molar-refractivity contribution is 5.78. The molecular weight excluding hydrogens is 328 g/mol. The molecule has 0 aromatic heterocycles. The lowest BCUT2D eigenvalue weighted by atomic mass is 9.99. The third-order valence-electron chi connectivity index (χ3n) is 5.29. The van der Waals surface area contributed by atoms with Crippen LogP contribution in [-0.4, -0.2) is 67.7 Å². The van der Waals surface area contributed by atoms with Crippen molar-refractivity contribution in [1.82, 2.24) is 9.80 Å². The van der Waals surface area contributed by atoms with Crippen molar-refractivity contribution in [2.45, 2.75) is 38.9 Å². The molecule has 2 saturated heterocycles. The summed E-state index contributed by atoms with van der Waals surface area (Å²) < 4.78 is 11.7. The number of rotatable bonds is 7. The number of hydrogen-bond donors (Lipinski definition) is 0. The Balaban J connectivity index is 1.61. The summed E-state index contributed by atoms with van der Waals surface area (Å²) in [5, 5.41) is 0. The summed E-state index contributed by atoms with van der Waals surface area (Å²) in [5.74, 6) is 0.802. The monoisotopic (exact) mass is 360 g/mol. The van der Waals surface area contributed by atoms with Crippen molar-refractivity contribution in [3.63, 3.8) is 0 Å². The topological polar surface area (TPSA) is 42.0 Å². The van der Waals surface area contributed by atoms with Crippen LogP contribution in [-0.2, 0) is 20.9 Å². The predicted octanol–water partition coefficient (Wildman–Crippen LogP) is 2.55. The van der Waals surface area contributed by atoms with Crippen LogP contribution in [0.15, 0.2) is 30.3 Å². The van der Waals surface area contributed by atoms with E-state index < -0.39 is 0 Å². The van der Waals surface area contributed by atoms with Gasteiger partial charge >= 0.3 is 0 Å². The standard InChI is InChI=1S/C21H32N2O3/c1-2-10-22-14-20(26-17-19-6-4-3-5-7-19)15-23(21(24)16-22)13-18-8-11-25-12-9-18/h3-7,18,20H,2,8-17H2,1H3. The highest BCUT2D eigenvalue weighted by atomic mass is 16.5. The number of carbonyl (C=O) groups excluding carboxylic acids is 1. The number of hydrogen-bond acceptors (Lipinski definition) is 4. The van der Waals surface area contributed by atoms with E-state index in [0.29, 0.717) is 25.6 Å². The second-order valence-corrected chi connectivity index (χ2v) is 7.51.